The van der Waals surface area contributed by atoms with Gasteiger partial charge in [0, 0.05) is 12.1 Å². The van der Waals surface area contributed by atoms with Crippen molar-refractivity contribution in [1.29, 1.82) is 0 Å². The number of carbonyl (C=O) groups is 1. The summed E-state index contributed by atoms with van der Waals surface area (Å²) in [7, 11) is 0. The van der Waals surface area contributed by atoms with Crippen LogP contribution in [0.15, 0.2) is 24.3 Å². The number of amides is 1. The molecule has 1 rings (SSSR count). The molecule has 112 valence electrons. The Morgan fingerprint density at radius 1 is 1.05 bits per heavy atom. The van der Waals surface area contributed by atoms with E-state index < -0.39 is 0 Å². The Morgan fingerprint density at radius 3 is 2.00 bits per heavy atom. The molecule has 0 saturated carbocycles. The fourth-order valence-electron chi connectivity index (χ4n) is 2.54. The molecule has 0 fully saturated rings. The Labute approximate surface area is 121 Å². The number of nitrogens with one attached hydrogen (secondary N) is 1. The van der Waals surface area contributed by atoms with Gasteiger partial charge in [0.15, 0.2) is 0 Å². The normalized spacial score (nSPS) is 11.4. The zero-order valence-corrected chi connectivity index (χ0v) is 12.9. The van der Waals surface area contributed by atoms with E-state index in [4.69, 9.17) is 0 Å². The first-order valence-electron chi connectivity index (χ1n) is 7.42. The van der Waals surface area contributed by atoms with E-state index in [1.54, 1.807) is 0 Å². The van der Waals surface area contributed by atoms with Gasteiger partial charge in [-0.2, -0.15) is 0 Å². The monoisotopic (exact) mass is 279 g/mol. The maximum atomic E-state index is 12.8. The van der Waals surface area contributed by atoms with Crippen LogP contribution in [0.2, 0.25) is 0 Å². The molecule has 1 aromatic rings. The maximum Gasteiger partial charge on any atom is 0.251 e. The molecule has 20 heavy (non-hydrogen) atoms. The van der Waals surface area contributed by atoms with Gasteiger partial charge < -0.3 is 5.32 Å². The maximum absolute atomic E-state index is 12.8. The molecule has 0 aliphatic rings. The van der Waals surface area contributed by atoms with E-state index in [0.29, 0.717) is 29.9 Å². The minimum Gasteiger partial charge on any atom is -0.352 e. The van der Waals surface area contributed by atoms with Crippen molar-refractivity contribution < 1.29 is 9.18 Å². The SMILES string of the molecule is CC(C)CC(CNC(=O)c1ccc(F)cc1)CC(C)C. The molecule has 0 saturated heterocycles. The van der Waals surface area contributed by atoms with E-state index in [-0.39, 0.29) is 11.7 Å². The van der Waals surface area contributed by atoms with Gasteiger partial charge in [-0.3, -0.25) is 4.79 Å². The molecule has 1 N–H and O–H groups in total. The summed E-state index contributed by atoms with van der Waals surface area (Å²) < 4.78 is 12.8. The van der Waals surface area contributed by atoms with Crippen LogP contribution in [-0.2, 0) is 0 Å². The molecular formula is C17H26FNO. The van der Waals surface area contributed by atoms with Gasteiger partial charge in [0.2, 0.25) is 0 Å². The second-order valence-corrected chi connectivity index (χ2v) is 6.34. The first-order chi connectivity index (χ1) is 9.38. The van der Waals surface area contributed by atoms with Crippen LogP contribution >= 0.6 is 0 Å². The van der Waals surface area contributed by atoms with Gasteiger partial charge in [-0.15, -0.1) is 0 Å². The zero-order valence-electron chi connectivity index (χ0n) is 12.9. The second kappa shape index (κ2) is 8.03. The fourth-order valence-corrected chi connectivity index (χ4v) is 2.54. The Morgan fingerprint density at radius 2 is 1.55 bits per heavy atom. The number of carbonyl (C=O) groups excluding carboxylic acids is 1. The second-order valence-electron chi connectivity index (χ2n) is 6.34. The highest BCUT2D eigenvalue weighted by Gasteiger charge is 2.14. The van der Waals surface area contributed by atoms with Crippen molar-refractivity contribution >= 4 is 5.91 Å². The van der Waals surface area contributed by atoms with Crippen LogP contribution in [0.4, 0.5) is 4.39 Å². The van der Waals surface area contributed by atoms with Crippen molar-refractivity contribution in [3.8, 4) is 0 Å². The van der Waals surface area contributed by atoms with Gasteiger partial charge in [0.05, 0.1) is 0 Å². The predicted octanol–water partition coefficient (Wildman–Crippen LogP) is 4.26. The summed E-state index contributed by atoms with van der Waals surface area (Å²) in [6, 6.07) is 5.67. The summed E-state index contributed by atoms with van der Waals surface area (Å²) >= 11 is 0. The van der Waals surface area contributed by atoms with Crippen molar-refractivity contribution in [1.82, 2.24) is 5.32 Å². The molecule has 0 unspecified atom stereocenters. The third-order valence-electron chi connectivity index (χ3n) is 3.27. The highest BCUT2D eigenvalue weighted by molar-refractivity contribution is 5.94. The number of hydrogen-bond donors (Lipinski definition) is 1. The lowest BCUT2D eigenvalue weighted by atomic mass is 9.89. The smallest absolute Gasteiger partial charge is 0.251 e. The van der Waals surface area contributed by atoms with E-state index in [1.807, 2.05) is 0 Å². The van der Waals surface area contributed by atoms with Crippen molar-refractivity contribution in [2.45, 2.75) is 40.5 Å². The number of halogens is 1. The number of benzene rings is 1. The van der Waals surface area contributed by atoms with Crippen molar-refractivity contribution in [3.63, 3.8) is 0 Å². The van der Waals surface area contributed by atoms with Gasteiger partial charge in [0.1, 0.15) is 5.82 Å². The van der Waals surface area contributed by atoms with Gasteiger partial charge in [0.25, 0.3) is 5.91 Å². The molecule has 0 aliphatic carbocycles. The number of hydrogen-bond acceptors (Lipinski definition) is 1. The van der Waals surface area contributed by atoms with E-state index in [1.165, 1.54) is 24.3 Å². The van der Waals surface area contributed by atoms with Crippen LogP contribution in [0.1, 0.15) is 50.9 Å². The molecular weight excluding hydrogens is 253 g/mol. The summed E-state index contributed by atoms with van der Waals surface area (Å²) in [6.45, 7) is 9.50. The highest BCUT2D eigenvalue weighted by Crippen LogP contribution is 2.19. The highest BCUT2D eigenvalue weighted by atomic mass is 19.1. The van der Waals surface area contributed by atoms with Crippen molar-refractivity contribution in [2.24, 2.45) is 17.8 Å². The summed E-state index contributed by atoms with van der Waals surface area (Å²) in [5.74, 6) is 1.31. The molecule has 0 aliphatic heterocycles. The van der Waals surface area contributed by atoms with Crippen LogP contribution in [-0.4, -0.2) is 12.5 Å². The minimum atomic E-state index is -0.320. The van der Waals surface area contributed by atoms with Crippen LogP contribution in [0, 0.1) is 23.6 Å². The quantitative estimate of drug-likeness (QED) is 0.793. The summed E-state index contributed by atoms with van der Waals surface area (Å²) in [6.07, 6.45) is 2.23. The molecule has 3 heteroatoms. The third kappa shape index (κ3) is 6.18. The zero-order chi connectivity index (χ0) is 15.1. The lowest BCUT2D eigenvalue weighted by Gasteiger charge is -2.21. The number of rotatable bonds is 7. The lowest BCUT2D eigenvalue weighted by molar-refractivity contribution is 0.0942. The van der Waals surface area contributed by atoms with E-state index in [2.05, 4.69) is 33.0 Å². The average molecular weight is 279 g/mol. The standard InChI is InChI=1S/C17H26FNO/c1-12(2)9-14(10-13(3)4)11-19-17(20)15-5-7-16(18)8-6-15/h5-8,12-14H,9-11H2,1-4H3,(H,19,20). The Kier molecular flexibility index (Phi) is 6.69. The Balaban J connectivity index is 2.53. The van der Waals surface area contributed by atoms with Crippen LogP contribution in [0.3, 0.4) is 0 Å². The van der Waals surface area contributed by atoms with Crippen LogP contribution in [0.25, 0.3) is 0 Å². The van der Waals surface area contributed by atoms with Gasteiger partial charge >= 0.3 is 0 Å². The first-order valence-corrected chi connectivity index (χ1v) is 7.42. The summed E-state index contributed by atoms with van der Waals surface area (Å²) in [5.41, 5.74) is 0.513. The molecule has 2 nitrogen and oxygen atoms in total. The first kappa shape index (κ1) is 16.7. The third-order valence-corrected chi connectivity index (χ3v) is 3.27. The van der Waals surface area contributed by atoms with Gasteiger partial charge in [-0.25, -0.2) is 4.39 Å². The van der Waals surface area contributed by atoms with Gasteiger partial charge in [-0.05, 0) is 54.9 Å². The van der Waals surface area contributed by atoms with Gasteiger partial charge in [-0.1, -0.05) is 27.7 Å². The van der Waals surface area contributed by atoms with E-state index in [9.17, 15) is 9.18 Å². The molecule has 1 amide bonds. The lowest BCUT2D eigenvalue weighted by Crippen LogP contribution is -2.30. The van der Waals surface area contributed by atoms with E-state index >= 15 is 0 Å². The minimum absolute atomic E-state index is 0.123. The fraction of sp³-hybridized carbons (Fsp3) is 0.588. The summed E-state index contributed by atoms with van der Waals surface area (Å²) in [5, 5.41) is 2.97. The van der Waals surface area contributed by atoms with Crippen LogP contribution < -0.4 is 5.32 Å². The molecule has 0 aromatic heterocycles. The molecule has 0 bridgehead atoms. The Hall–Kier alpha value is -1.38. The summed E-state index contributed by atoms with van der Waals surface area (Å²) in [4.78, 5) is 12.0. The predicted molar refractivity (Wildman–Crippen MR) is 81.1 cm³/mol. The molecule has 0 radical (unpaired) electrons. The molecule has 0 spiro atoms. The van der Waals surface area contributed by atoms with Crippen molar-refractivity contribution in [3.05, 3.63) is 35.6 Å². The molecule has 0 heterocycles. The Bertz CT molecular complexity index is 402. The van der Waals surface area contributed by atoms with Crippen molar-refractivity contribution in [2.75, 3.05) is 6.54 Å². The topological polar surface area (TPSA) is 29.1 Å². The molecule has 0 atom stereocenters. The van der Waals surface area contributed by atoms with E-state index in [0.717, 1.165) is 12.8 Å². The molecule has 1 aromatic carbocycles. The average Bonchev–Trinajstić information content (AvgIpc) is 2.35. The largest absolute Gasteiger partial charge is 0.352 e. The van der Waals surface area contributed by atoms with Crippen LogP contribution in [0.5, 0.6) is 0 Å².